The normalized spacial score (nSPS) is 11.5. The quantitative estimate of drug-likeness (QED) is 0.560. The maximum Gasteiger partial charge on any atom is 0.255 e. The summed E-state index contributed by atoms with van der Waals surface area (Å²) in [6, 6.07) is 8.46. The minimum atomic E-state index is -3.77. The number of halogens is 2. The molecule has 158 valence electrons. The van der Waals surface area contributed by atoms with E-state index in [1.54, 1.807) is 6.07 Å². The monoisotopic (exact) mass is 496 g/mol. The molecule has 0 aliphatic rings. The van der Waals surface area contributed by atoms with Crippen molar-refractivity contribution in [3.05, 3.63) is 52.3 Å². The lowest BCUT2D eigenvalue weighted by Crippen LogP contribution is -2.34. The van der Waals surface area contributed by atoms with Crippen LogP contribution in [0.15, 0.2) is 45.3 Å². The number of fused-ring (bicyclic) bond motifs is 1. The van der Waals surface area contributed by atoms with E-state index in [1.807, 2.05) is 0 Å². The van der Waals surface area contributed by atoms with Gasteiger partial charge < -0.3 is 9.73 Å². The topological polar surface area (TPSA) is 96.7 Å². The lowest BCUT2D eigenvalue weighted by atomic mass is 10.0. The third kappa shape index (κ3) is 4.24. The fourth-order valence-corrected chi connectivity index (χ4v) is 4.63. The number of furan rings is 1. The van der Waals surface area contributed by atoms with Gasteiger partial charge in [-0.1, -0.05) is 0 Å². The number of anilines is 1. The summed E-state index contributed by atoms with van der Waals surface area (Å²) in [7, 11) is -2.30. The summed E-state index contributed by atoms with van der Waals surface area (Å²) in [6.07, 6.45) is 0.995. The van der Waals surface area contributed by atoms with E-state index in [-0.39, 0.29) is 34.9 Å². The fourth-order valence-electron chi connectivity index (χ4n) is 3.04. The first kappa shape index (κ1) is 22.0. The third-order valence-electron chi connectivity index (χ3n) is 4.35. The van der Waals surface area contributed by atoms with Crippen molar-refractivity contribution in [3.8, 4) is 11.3 Å². The molecular weight excluding hydrogens is 479 g/mol. The summed E-state index contributed by atoms with van der Waals surface area (Å²) in [4.78, 5) is 24.2. The van der Waals surface area contributed by atoms with E-state index in [1.165, 1.54) is 44.3 Å². The molecular formula is C20H18BrFN2O5S. The Labute approximate surface area is 181 Å². The van der Waals surface area contributed by atoms with E-state index in [2.05, 4.69) is 21.2 Å². The number of rotatable bonds is 6. The van der Waals surface area contributed by atoms with Crippen LogP contribution < -0.4 is 9.62 Å². The highest BCUT2D eigenvalue weighted by Gasteiger charge is 2.26. The highest BCUT2D eigenvalue weighted by molar-refractivity contribution is 9.10. The van der Waals surface area contributed by atoms with Crippen LogP contribution in [0.3, 0.4) is 0 Å². The Kier molecular flexibility index (Phi) is 6.00. The van der Waals surface area contributed by atoms with Crippen LogP contribution in [0, 0.1) is 5.82 Å². The van der Waals surface area contributed by atoms with Crippen LogP contribution in [-0.2, 0) is 14.8 Å². The molecule has 0 bridgehead atoms. The average Bonchev–Trinajstić information content (AvgIpc) is 3.02. The Bertz CT molecular complexity index is 1250. The van der Waals surface area contributed by atoms with Gasteiger partial charge in [-0.15, -0.1) is 0 Å². The zero-order chi connectivity index (χ0) is 22.2. The van der Waals surface area contributed by atoms with Crippen molar-refractivity contribution in [2.75, 3.05) is 24.2 Å². The molecule has 0 saturated heterocycles. The van der Waals surface area contributed by atoms with E-state index in [9.17, 15) is 22.4 Å². The van der Waals surface area contributed by atoms with E-state index < -0.39 is 21.7 Å². The van der Waals surface area contributed by atoms with Crippen LogP contribution in [0.25, 0.3) is 22.3 Å². The average molecular weight is 497 g/mol. The largest absolute Gasteiger partial charge is 0.455 e. The second kappa shape index (κ2) is 8.19. The van der Waals surface area contributed by atoms with Gasteiger partial charge in [0, 0.05) is 28.5 Å². The van der Waals surface area contributed by atoms with Crippen LogP contribution in [0.2, 0.25) is 0 Å². The number of amides is 1. The second-order valence-electron chi connectivity index (χ2n) is 6.66. The molecule has 0 aliphatic carbocycles. The molecule has 1 amide bonds. The van der Waals surface area contributed by atoms with Crippen molar-refractivity contribution >= 4 is 54.3 Å². The van der Waals surface area contributed by atoms with Crippen molar-refractivity contribution in [1.29, 1.82) is 0 Å². The second-order valence-corrected chi connectivity index (χ2v) is 9.42. The summed E-state index contributed by atoms with van der Waals surface area (Å²) < 4.78 is 45.1. The molecule has 0 fully saturated rings. The predicted molar refractivity (Wildman–Crippen MR) is 116 cm³/mol. The van der Waals surface area contributed by atoms with Crippen molar-refractivity contribution in [2.45, 2.75) is 6.92 Å². The van der Waals surface area contributed by atoms with Crippen LogP contribution >= 0.6 is 15.9 Å². The molecule has 0 saturated carbocycles. The molecule has 3 rings (SSSR count). The number of benzene rings is 2. The lowest BCUT2D eigenvalue weighted by Gasteiger charge is -2.22. The number of carbonyl (C=O) groups is 2. The van der Waals surface area contributed by atoms with Gasteiger partial charge in [0.05, 0.1) is 24.1 Å². The number of nitrogens with one attached hydrogen (secondary N) is 1. The van der Waals surface area contributed by atoms with Crippen LogP contribution in [0.5, 0.6) is 0 Å². The Balaban J connectivity index is 2.30. The third-order valence-corrected chi connectivity index (χ3v) is 6.11. The lowest BCUT2D eigenvalue weighted by molar-refractivity contribution is -0.115. The Hall–Kier alpha value is -2.72. The fraction of sp³-hybridized carbons (Fsp3) is 0.200. The Morgan fingerprint density at radius 1 is 1.20 bits per heavy atom. The van der Waals surface area contributed by atoms with Gasteiger partial charge in [0.2, 0.25) is 10.0 Å². The highest BCUT2D eigenvalue weighted by Crippen LogP contribution is 2.39. The van der Waals surface area contributed by atoms with Gasteiger partial charge in [0.15, 0.2) is 0 Å². The maximum absolute atomic E-state index is 13.3. The van der Waals surface area contributed by atoms with Gasteiger partial charge in [0.25, 0.3) is 5.91 Å². The summed E-state index contributed by atoms with van der Waals surface area (Å²) in [5.74, 6) is -0.985. The number of hydrogen-bond acceptors (Lipinski definition) is 5. The first-order valence-electron chi connectivity index (χ1n) is 8.74. The number of Topliss-reactive ketones (excluding diaryl/α,β-unsaturated/α-hetero) is 1. The maximum atomic E-state index is 13.3. The molecule has 1 N–H and O–H groups in total. The summed E-state index contributed by atoms with van der Waals surface area (Å²) in [5.41, 5.74) is 1.14. The number of nitrogens with zero attached hydrogens (tertiary/aromatic N) is 1. The molecule has 2 aromatic carbocycles. The van der Waals surface area contributed by atoms with Gasteiger partial charge >= 0.3 is 0 Å². The Morgan fingerprint density at radius 3 is 2.37 bits per heavy atom. The summed E-state index contributed by atoms with van der Waals surface area (Å²) in [6.45, 7) is 0.935. The van der Waals surface area contributed by atoms with Gasteiger partial charge in [-0.3, -0.25) is 13.9 Å². The smallest absolute Gasteiger partial charge is 0.255 e. The first-order valence-corrected chi connectivity index (χ1v) is 11.4. The summed E-state index contributed by atoms with van der Waals surface area (Å²) >= 11 is 3.34. The van der Waals surface area contributed by atoms with Crippen molar-refractivity contribution in [3.63, 3.8) is 0 Å². The molecule has 10 heteroatoms. The van der Waals surface area contributed by atoms with E-state index in [4.69, 9.17) is 4.42 Å². The zero-order valence-electron chi connectivity index (χ0n) is 16.3. The van der Waals surface area contributed by atoms with Gasteiger partial charge in [-0.05, 0) is 53.2 Å². The van der Waals surface area contributed by atoms with Crippen LogP contribution in [0.1, 0.15) is 17.3 Å². The molecule has 0 aliphatic heterocycles. The summed E-state index contributed by atoms with van der Waals surface area (Å²) in [5, 5.41) is 2.98. The molecule has 0 atom stereocenters. The standard InChI is InChI=1S/C20H18BrFN2O5S/c1-11(25)10-24(30(3,27)28)16-9-17-14(8-15(16)21)18(20(26)23-2)19(29-17)12-4-6-13(22)7-5-12/h4-9H,10H2,1-3H3,(H,23,26). The molecule has 1 aromatic heterocycles. The molecule has 0 unspecified atom stereocenters. The van der Waals surface area contributed by atoms with Crippen molar-refractivity contribution in [1.82, 2.24) is 5.32 Å². The van der Waals surface area contributed by atoms with E-state index in [0.717, 1.165) is 10.6 Å². The number of carbonyl (C=O) groups excluding carboxylic acids is 2. The van der Waals surface area contributed by atoms with Crippen molar-refractivity contribution in [2.24, 2.45) is 0 Å². The van der Waals surface area contributed by atoms with Crippen LogP contribution in [-0.4, -0.2) is 40.0 Å². The van der Waals surface area contributed by atoms with Crippen molar-refractivity contribution < 1.29 is 26.8 Å². The Morgan fingerprint density at radius 2 is 1.83 bits per heavy atom. The molecule has 3 aromatic rings. The number of hydrogen-bond donors (Lipinski definition) is 1. The SMILES string of the molecule is CNC(=O)c1c(-c2ccc(F)cc2)oc2cc(N(CC(C)=O)S(C)(=O)=O)c(Br)cc12. The minimum absolute atomic E-state index is 0.197. The van der Waals surface area contributed by atoms with E-state index >= 15 is 0 Å². The molecule has 0 spiro atoms. The predicted octanol–water partition coefficient (Wildman–Crippen LogP) is 3.72. The molecule has 0 radical (unpaired) electrons. The van der Waals surface area contributed by atoms with Gasteiger partial charge in [0.1, 0.15) is 22.9 Å². The number of sulfonamides is 1. The highest BCUT2D eigenvalue weighted by atomic mass is 79.9. The van der Waals surface area contributed by atoms with E-state index in [0.29, 0.717) is 15.4 Å². The van der Waals surface area contributed by atoms with Gasteiger partial charge in [-0.2, -0.15) is 0 Å². The van der Waals surface area contributed by atoms with Crippen LogP contribution in [0.4, 0.5) is 10.1 Å². The van der Waals surface area contributed by atoms with Gasteiger partial charge in [-0.25, -0.2) is 12.8 Å². The number of ketones is 1. The molecule has 1 heterocycles. The molecule has 7 nitrogen and oxygen atoms in total. The first-order chi connectivity index (χ1) is 14.0. The zero-order valence-corrected chi connectivity index (χ0v) is 18.7. The minimum Gasteiger partial charge on any atom is -0.455 e. The molecule has 30 heavy (non-hydrogen) atoms.